The summed E-state index contributed by atoms with van der Waals surface area (Å²) < 4.78 is 6.59. The quantitative estimate of drug-likeness (QED) is 0.693. The van der Waals surface area contributed by atoms with Crippen LogP contribution in [0.2, 0.25) is 10.0 Å². The van der Waals surface area contributed by atoms with E-state index in [-0.39, 0.29) is 27.9 Å². The summed E-state index contributed by atoms with van der Waals surface area (Å²) >= 11 is 11.6. The predicted molar refractivity (Wildman–Crippen MR) is 71.0 cm³/mol. The average Bonchev–Trinajstić information content (AvgIpc) is 2.78. The zero-order valence-corrected chi connectivity index (χ0v) is 11.4. The smallest absolute Gasteiger partial charge is 0.338 e. The third-order valence-electron chi connectivity index (χ3n) is 2.43. The molecule has 0 aliphatic heterocycles. The first-order valence-electron chi connectivity index (χ1n) is 5.23. The summed E-state index contributed by atoms with van der Waals surface area (Å²) in [6.45, 7) is 0.00941. The Bertz CT molecular complexity index is 604. The maximum absolute atomic E-state index is 11.8. The van der Waals surface area contributed by atoms with Crippen LogP contribution >= 0.6 is 23.2 Å². The number of esters is 1. The molecule has 0 radical (unpaired) electrons. The standard InChI is InChI=1S/C11H10Cl2N4O2/c1-17-9(15-5-16-17)4-19-11(18)6-2-7(12)10(13)8(14)3-6/h2-3,5H,4,14H2,1H3. The van der Waals surface area contributed by atoms with Crippen molar-refractivity contribution in [3.8, 4) is 0 Å². The Balaban J connectivity index is 2.10. The van der Waals surface area contributed by atoms with Crippen molar-refractivity contribution in [3.05, 3.63) is 39.9 Å². The number of nitrogens with two attached hydrogens (primary N) is 1. The van der Waals surface area contributed by atoms with Crippen LogP contribution < -0.4 is 5.73 Å². The molecule has 2 rings (SSSR count). The van der Waals surface area contributed by atoms with Crippen molar-refractivity contribution >= 4 is 34.9 Å². The molecular weight excluding hydrogens is 291 g/mol. The summed E-state index contributed by atoms with van der Waals surface area (Å²) in [4.78, 5) is 15.8. The van der Waals surface area contributed by atoms with E-state index < -0.39 is 5.97 Å². The van der Waals surface area contributed by atoms with E-state index >= 15 is 0 Å². The van der Waals surface area contributed by atoms with E-state index in [9.17, 15) is 4.79 Å². The number of hydrogen-bond acceptors (Lipinski definition) is 5. The maximum Gasteiger partial charge on any atom is 0.338 e. The summed E-state index contributed by atoms with van der Waals surface area (Å²) in [6.07, 6.45) is 1.38. The third kappa shape index (κ3) is 2.97. The molecule has 1 heterocycles. The Morgan fingerprint density at radius 1 is 1.47 bits per heavy atom. The normalized spacial score (nSPS) is 10.5. The number of aromatic nitrogens is 3. The monoisotopic (exact) mass is 300 g/mol. The number of carbonyl (C=O) groups is 1. The number of rotatable bonds is 3. The average molecular weight is 301 g/mol. The van der Waals surface area contributed by atoms with E-state index in [0.29, 0.717) is 5.82 Å². The van der Waals surface area contributed by atoms with Crippen LogP contribution in [0.15, 0.2) is 18.5 Å². The molecule has 0 unspecified atom stereocenters. The molecular formula is C11H10Cl2N4O2. The molecule has 6 nitrogen and oxygen atoms in total. The van der Waals surface area contributed by atoms with Gasteiger partial charge in [-0.3, -0.25) is 4.68 Å². The number of benzene rings is 1. The van der Waals surface area contributed by atoms with E-state index in [1.54, 1.807) is 7.05 Å². The minimum absolute atomic E-state index is 0.00941. The number of ether oxygens (including phenoxy) is 1. The molecule has 0 atom stereocenters. The maximum atomic E-state index is 11.8. The Morgan fingerprint density at radius 2 is 2.21 bits per heavy atom. The lowest BCUT2D eigenvalue weighted by Crippen LogP contribution is -2.09. The van der Waals surface area contributed by atoms with Crippen molar-refractivity contribution in [3.63, 3.8) is 0 Å². The Kier molecular flexibility index (Phi) is 3.92. The van der Waals surface area contributed by atoms with Gasteiger partial charge in [0.05, 0.1) is 21.3 Å². The number of aryl methyl sites for hydroxylation is 1. The number of halogens is 2. The van der Waals surface area contributed by atoms with Gasteiger partial charge in [-0.25, -0.2) is 9.78 Å². The second kappa shape index (κ2) is 5.46. The molecule has 2 aromatic rings. The van der Waals surface area contributed by atoms with Crippen molar-refractivity contribution in [1.29, 1.82) is 0 Å². The first-order valence-corrected chi connectivity index (χ1v) is 5.99. The number of nitrogens with zero attached hydrogens (tertiary/aromatic N) is 3. The van der Waals surface area contributed by atoms with Crippen LogP contribution in [0.3, 0.4) is 0 Å². The summed E-state index contributed by atoms with van der Waals surface area (Å²) in [5.41, 5.74) is 6.08. The van der Waals surface area contributed by atoms with Gasteiger partial charge >= 0.3 is 5.97 Å². The topological polar surface area (TPSA) is 83.0 Å². The molecule has 0 amide bonds. The van der Waals surface area contributed by atoms with Crippen LogP contribution in [-0.2, 0) is 18.4 Å². The fourth-order valence-corrected chi connectivity index (χ4v) is 1.73. The van der Waals surface area contributed by atoms with Gasteiger partial charge in [0.2, 0.25) is 0 Å². The van der Waals surface area contributed by atoms with Crippen LogP contribution in [0.4, 0.5) is 5.69 Å². The second-order valence-corrected chi connectivity index (χ2v) is 4.52. The van der Waals surface area contributed by atoms with Crippen molar-refractivity contribution in [1.82, 2.24) is 14.8 Å². The van der Waals surface area contributed by atoms with Crippen LogP contribution in [0.5, 0.6) is 0 Å². The number of nitrogen functional groups attached to an aromatic ring is 1. The van der Waals surface area contributed by atoms with Gasteiger partial charge in [0.1, 0.15) is 6.33 Å². The van der Waals surface area contributed by atoms with Crippen molar-refractivity contribution in [2.24, 2.45) is 7.05 Å². The first-order chi connectivity index (χ1) is 8.99. The van der Waals surface area contributed by atoms with Gasteiger partial charge in [-0.15, -0.1) is 0 Å². The van der Waals surface area contributed by atoms with E-state index in [1.165, 1.54) is 23.1 Å². The molecule has 0 aliphatic rings. The van der Waals surface area contributed by atoms with E-state index in [4.69, 9.17) is 33.7 Å². The molecule has 0 spiro atoms. The molecule has 2 N–H and O–H groups in total. The molecule has 0 saturated carbocycles. The number of anilines is 1. The Labute approximate surface area is 119 Å². The van der Waals surface area contributed by atoms with Crippen LogP contribution in [0.25, 0.3) is 0 Å². The van der Waals surface area contributed by atoms with Crippen molar-refractivity contribution < 1.29 is 9.53 Å². The van der Waals surface area contributed by atoms with Crippen LogP contribution in [-0.4, -0.2) is 20.7 Å². The van der Waals surface area contributed by atoms with Gasteiger partial charge in [0.25, 0.3) is 0 Å². The summed E-state index contributed by atoms with van der Waals surface area (Å²) in [6, 6.07) is 2.81. The molecule has 8 heteroatoms. The van der Waals surface area contributed by atoms with Gasteiger partial charge in [-0.05, 0) is 12.1 Å². The first kappa shape index (κ1) is 13.6. The van der Waals surface area contributed by atoms with E-state index in [2.05, 4.69) is 10.1 Å². The minimum atomic E-state index is -0.562. The van der Waals surface area contributed by atoms with Crippen LogP contribution in [0.1, 0.15) is 16.2 Å². The lowest BCUT2D eigenvalue weighted by Gasteiger charge is -2.07. The van der Waals surface area contributed by atoms with Gasteiger partial charge in [0, 0.05) is 7.05 Å². The molecule has 0 aliphatic carbocycles. The van der Waals surface area contributed by atoms with E-state index in [0.717, 1.165) is 0 Å². The Hall–Kier alpha value is -1.79. The fourth-order valence-electron chi connectivity index (χ4n) is 1.39. The second-order valence-electron chi connectivity index (χ2n) is 3.74. The largest absolute Gasteiger partial charge is 0.454 e. The molecule has 19 heavy (non-hydrogen) atoms. The molecule has 1 aromatic heterocycles. The summed E-state index contributed by atoms with van der Waals surface area (Å²) in [7, 11) is 1.70. The minimum Gasteiger partial charge on any atom is -0.454 e. The molecule has 100 valence electrons. The molecule has 0 saturated heterocycles. The van der Waals surface area contributed by atoms with Crippen molar-refractivity contribution in [2.75, 3.05) is 5.73 Å². The highest BCUT2D eigenvalue weighted by atomic mass is 35.5. The fraction of sp³-hybridized carbons (Fsp3) is 0.182. The highest BCUT2D eigenvalue weighted by molar-refractivity contribution is 6.43. The predicted octanol–water partition coefficient (Wildman–Crippen LogP) is 2.06. The molecule has 0 fully saturated rings. The summed E-state index contributed by atoms with van der Waals surface area (Å²) in [5, 5.41) is 4.28. The van der Waals surface area contributed by atoms with Gasteiger partial charge < -0.3 is 10.5 Å². The van der Waals surface area contributed by atoms with Crippen LogP contribution in [0, 0.1) is 0 Å². The summed E-state index contributed by atoms with van der Waals surface area (Å²) in [5.74, 6) is -0.0327. The van der Waals surface area contributed by atoms with E-state index in [1.807, 2.05) is 0 Å². The highest BCUT2D eigenvalue weighted by Gasteiger charge is 2.13. The zero-order chi connectivity index (χ0) is 14.0. The molecule has 1 aromatic carbocycles. The van der Waals surface area contributed by atoms with Gasteiger partial charge in [-0.2, -0.15) is 5.10 Å². The van der Waals surface area contributed by atoms with Crippen molar-refractivity contribution in [2.45, 2.75) is 6.61 Å². The molecule has 0 bridgehead atoms. The number of hydrogen-bond donors (Lipinski definition) is 1. The number of carbonyl (C=O) groups excluding carboxylic acids is 1. The lowest BCUT2D eigenvalue weighted by atomic mass is 10.2. The van der Waals surface area contributed by atoms with Gasteiger partial charge in [-0.1, -0.05) is 23.2 Å². The van der Waals surface area contributed by atoms with Gasteiger partial charge in [0.15, 0.2) is 12.4 Å². The highest BCUT2D eigenvalue weighted by Crippen LogP contribution is 2.29. The SMILES string of the molecule is Cn1ncnc1COC(=O)c1cc(N)c(Cl)c(Cl)c1. The zero-order valence-electron chi connectivity index (χ0n) is 9.93. The lowest BCUT2D eigenvalue weighted by molar-refractivity contribution is 0.0458. The third-order valence-corrected chi connectivity index (χ3v) is 3.25. The Morgan fingerprint density at radius 3 is 2.79 bits per heavy atom.